The maximum Gasteiger partial charge on any atom is 0.238 e. The van der Waals surface area contributed by atoms with Crippen molar-refractivity contribution in [2.45, 2.75) is 32.7 Å². The lowest BCUT2D eigenvalue weighted by atomic mass is 9.87. The molecule has 26 heavy (non-hydrogen) atoms. The molecule has 0 unspecified atom stereocenters. The zero-order chi connectivity index (χ0) is 19.3. The SMILES string of the molecule is COc1ccc(CN(C)CC(=O)Nc2ccc(C(C)(C)C)cc2)cc1F. The van der Waals surface area contributed by atoms with E-state index in [0.717, 1.165) is 11.3 Å². The molecular weight excluding hydrogens is 331 g/mol. The second-order valence-electron chi connectivity index (χ2n) is 7.52. The van der Waals surface area contributed by atoms with Crippen LogP contribution in [0.5, 0.6) is 5.75 Å². The average molecular weight is 358 g/mol. The van der Waals surface area contributed by atoms with Gasteiger partial charge in [-0.1, -0.05) is 39.0 Å². The fraction of sp³-hybridized carbons (Fsp3) is 0.381. The van der Waals surface area contributed by atoms with E-state index in [4.69, 9.17) is 4.74 Å². The quantitative estimate of drug-likeness (QED) is 0.841. The molecule has 0 aliphatic rings. The summed E-state index contributed by atoms with van der Waals surface area (Å²) in [7, 11) is 3.26. The van der Waals surface area contributed by atoms with Crippen molar-refractivity contribution in [2.75, 3.05) is 26.0 Å². The van der Waals surface area contributed by atoms with E-state index in [1.54, 1.807) is 12.1 Å². The van der Waals surface area contributed by atoms with Gasteiger partial charge in [-0.25, -0.2) is 4.39 Å². The summed E-state index contributed by atoms with van der Waals surface area (Å²) in [6, 6.07) is 12.7. The molecular formula is C21H27FN2O2. The fourth-order valence-corrected chi connectivity index (χ4v) is 2.68. The summed E-state index contributed by atoms with van der Waals surface area (Å²) in [5.41, 5.74) is 2.85. The van der Waals surface area contributed by atoms with E-state index in [9.17, 15) is 9.18 Å². The molecule has 0 atom stereocenters. The van der Waals surface area contributed by atoms with Crippen molar-refractivity contribution in [1.29, 1.82) is 0 Å². The summed E-state index contributed by atoms with van der Waals surface area (Å²) in [5.74, 6) is -0.292. The van der Waals surface area contributed by atoms with Gasteiger partial charge in [0.2, 0.25) is 5.91 Å². The largest absolute Gasteiger partial charge is 0.494 e. The minimum absolute atomic E-state index is 0.0798. The monoisotopic (exact) mass is 358 g/mol. The van der Waals surface area contributed by atoms with Crippen LogP contribution < -0.4 is 10.1 Å². The van der Waals surface area contributed by atoms with Crippen molar-refractivity contribution in [3.63, 3.8) is 0 Å². The molecule has 0 fully saturated rings. The molecule has 0 heterocycles. The smallest absolute Gasteiger partial charge is 0.238 e. The summed E-state index contributed by atoms with van der Waals surface area (Å²) in [5, 5.41) is 2.89. The molecule has 140 valence electrons. The van der Waals surface area contributed by atoms with Gasteiger partial charge in [0.1, 0.15) is 0 Å². The molecule has 0 aliphatic carbocycles. The molecule has 5 heteroatoms. The molecule has 0 bridgehead atoms. The predicted octanol–water partition coefficient (Wildman–Crippen LogP) is 4.20. The Morgan fingerprint density at radius 2 is 1.81 bits per heavy atom. The molecule has 4 nitrogen and oxygen atoms in total. The number of methoxy groups -OCH3 is 1. The Kier molecular flexibility index (Phi) is 6.37. The van der Waals surface area contributed by atoms with Crippen LogP contribution in [0.15, 0.2) is 42.5 Å². The first-order valence-corrected chi connectivity index (χ1v) is 8.60. The van der Waals surface area contributed by atoms with Gasteiger partial charge < -0.3 is 10.1 Å². The number of benzene rings is 2. The lowest BCUT2D eigenvalue weighted by Gasteiger charge is -2.20. The third kappa shape index (κ3) is 5.56. The van der Waals surface area contributed by atoms with E-state index in [1.807, 2.05) is 36.2 Å². The second kappa shape index (κ2) is 8.32. The number of hydrogen-bond donors (Lipinski definition) is 1. The lowest BCUT2D eigenvalue weighted by molar-refractivity contribution is -0.117. The second-order valence-corrected chi connectivity index (χ2v) is 7.52. The minimum Gasteiger partial charge on any atom is -0.494 e. The molecule has 0 saturated carbocycles. The van der Waals surface area contributed by atoms with Crippen LogP contribution in [-0.2, 0) is 16.8 Å². The number of carbonyl (C=O) groups is 1. The minimum atomic E-state index is -0.401. The highest BCUT2D eigenvalue weighted by atomic mass is 19.1. The Hall–Kier alpha value is -2.40. The number of anilines is 1. The van der Waals surface area contributed by atoms with Gasteiger partial charge in [0, 0.05) is 12.2 Å². The number of nitrogens with zero attached hydrogens (tertiary/aromatic N) is 1. The van der Waals surface area contributed by atoms with Crippen LogP contribution in [0.1, 0.15) is 31.9 Å². The number of rotatable bonds is 6. The average Bonchev–Trinajstić information content (AvgIpc) is 2.54. The predicted molar refractivity (Wildman–Crippen MR) is 103 cm³/mol. The van der Waals surface area contributed by atoms with E-state index < -0.39 is 5.82 Å². The summed E-state index contributed by atoms with van der Waals surface area (Å²) in [6.45, 7) is 7.14. The first-order valence-electron chi connectivity index (χ1n) is 8.60. The van der Waals surface area contributed by atoms with Crippen LogP contribution in [0.25, 0.3) is 0 Å². The molecule has 0 radical (unpaired) electrons. The zero-order valence-electron chi connectivity index (χ0n) is 16.1. The highest BCUT2D eigenvalue weighted by Crippen LogP contribution is 2.23. The van der Waals surface area contributed by atoms with Gasteiger partial charge in [-0.3, -0.25) is 9.69 Å². The maximum atomic E-state index is 13.7. The van der Waals surface area contributed by atoms with Crippen LogP contribution in [0.2, 0.25) is 0 Å². The summed E-state index contributed by atoms with van der Waals surface area (Å²) in [4.78, 5) is 14.0. The van der Waals surface area contributed by atoms with Gasteiger partial charge in [0.25, 0.3) is 0 Å². The normalized spacial score (nSPS) is 11.5. The fourth-order valence-electron chi connectivity index (χ4n) is 2.68. The summed E-state index contributed by atoms with van der Waals surface area (Å²) in [6.07, 6.45) is 0. The molecule has 1 N–H and O–H groups in total. The number of likely N-dealkylation sites (N-methyl/N-ethyl adjacent to an activating group) is 1. The molecule has 1 amide bonds. The van der Waals surface area contributed by atoms with Crippen LogP contribution in [0.3, 0.4) is 0 Å². The molecule has 2 aromatic carbocycles. The van der Waals surface area contributed by atoms with Crippen molar-refractivity contribution in [1.82, 2.24) is 4.90 Å². The van der Waals surface area contributed by atoms with E-state index in [1.165, 1.54) is 18.7 Å². The van der Waals surface area contributed by atoms with Crippen molar-refractivity contribution in [3.05, 3.63) is 59.4 Å². The molecule has 0 saturated heterocycles. The Balaban J connectivity index is 1.90. The van der Waals surface area contributed by atoms with Crippen LogP contribution in [-0.4, -0.2) is 31.5 Å². The van der Waals surface area contributed by atoms with Crippen molar-refractivity contribution in [2.24, 2.45) is 0 Å². The van der Waals surface area contributed by atoms with E-state index in [0.29, 0.717) is 6.54 Å². The van der Waals surface area contributed by atoms with Crippen LogP contribution in [0, 0.1) is 5.82 Å². The molecule has 2 aromatic rings. The molecule has 2 rings (SSSR count). The topological polar surface area (TPSA) is 41.6 Å². The van der Waals surface area contributed by atoms with Gasteiger partial charge in [-0.05, 0) is 47.9 Å². The molecule has 0 aromatic heterocycles. The molecule has 0 aliphatic heterocycles. The third-order valence-corrected chi connectivity index (χ3v) is 4.12. The summed E-state index contributed by atoms with van der Waals surface area (Å²) < 4.78 is 18.7. The molecule has 0 spiro atoms. The van der Waals surface area contributed by atoms with Crippen molar-refractivity contribution in [3.8, 4) is 5.75 Å². The van der Waals surface area contributed by atoms with Crippen LogP contribution in [0.4, 0.5) is 10.1 Å². The van der Waals surface area contributed by atoms with Crippen molar-refractivity contribution >= 4 is 11.6 Å². The number of nitrogens with one attached hydrogen (secondary N) is 1. The Morgan fingerprint density at radius 3 is 2.35 bits per heavy atom. The highest BCUT2D eigenvalue weighted by Gasteiger charge is 2.14. The van der Waals surface area contributed by atoms with Gasteiger partial charge >= 0.3 is 0 Å². The van der Waals surface area contributed by atoms with Gasteiger partial charge in [0.05, 0.1) is 13.7 Å². The standard InChI is InChI=1S/C21H27FN2O2/c1-21(2,3)16-7-9-17(10-8-16)23-20(25)14-24(4)13-15-6-11-19(26-5)18(22)12-15/h6-12H,13-14H2,1-5H3,(H,23,25). The number of amides is 1. The first-order chi connectivity index (χ1) is 12.2. The zero-order valence-corrected chi connectivity index (χ0v) is 16.1. The Labute approximate surface area is 155 Å². The third-order valence-electron chi connectivity index (χ3n) is 4.12. The van der Waals surface area contributed by atoms with Gasteiger partial charge in [-0.2, -0.15) is 0 Å². The van der Waals surface area contributed by atoms with Crippen LogP contribution >= 0.6 is 0 Å². The Morgan fingerprint density at radius 1 is 1.15 bits per heavy atom. The summed E-state index contributed by atoms with van der Waals surface area (Å²) >= 11 is 0. The highest BCUT2D eigenvalue weighted by molar-refractivity contribution is 5.92. The van der Waals surface area contributed by atoms with E-state index in [2.05, 4.69) is 26.1 Å². The van der Waals surface area contributed by atoms with Crippen molar-refractivity contribution < 1.29 is 13.9 Å². The number of hydrogen-bond acceptors (Lipinski definition) is 3. The van der Waals surface area contributed by atoms with E-state index >= 15 is 0 Å². The van der Waals surface area contributed by atoms with Gasteiger partial charge in [0.15, 0.2) is 11.6 Å². The van der Waals surface area contributed by atoms with Gasteiger partial charge in [-0.15, -0.1) is 0 Å². The first kappa shape index (κ1) is 19.9. The van der Waals surface area contributed by atoms with E-state index in [-0.39, 0.29) is 23.6 Å². The lowest BCUT2D eigenvalue weighted by Crippen LogP contribution is -2.29. The maximum absolute atomic E-state index is 13.7. The number of halogens is 1. The Bertz CT molecular complexity index is 752. The number of carbonyl (C=O) groups excluding carboxylic acids is 1. The number of ether oxygens (including phenoxy) is 1.